The highest BCUT2D eigenvalue weighted by molar-refractivity contribution is 5.89. The van der Waals surface area contributed by atoms with Crippen molar-refractivity contribution in [1.82, 2.24) is 15.5 Å². The van der Waals surface area contributed by atoms with E-state index in [-0.39, 0.29) is 17.5 Å². The number of benzene rings is 2. The van der Waals surface area contributed by atoms with E-state index in [0.29, 0.717) is 18.5 Å². The van der Waals surface area contributed by atoms with Gasteiger partial charge in [0.25, 0.3) is 0 Å². The highest BCUT2D eigenvalue weighted by Crippen LogP contribution is 2.15. The first-order valence-corrected chi connectivity index (χ1v) is 7.14. The molecule has 3 aromatic rings. The molecule has 2 aromatic carbocycles. The van der Waals surface area contributed by atoms with Gasteiger partial charge in [-0.25, -0.2) is 4.39 Å². The van der Waals surface area contributed by atoms with E-state index in [1.165, 1.54) is 24.3 Å². The summed E-state index contributed by atoms with van der Waals surface area (Å²) in [5.41, 5.74) is 1.71. The molecule has 0 fully saturated rings. The minimum Gasteiger partial charge on any atom is -0.347 e. The van der Waals surface area contributed by atoms with Gasteiger partial charge in [0.05, 0.1) is 0 Å². The molecule has 1 amide bonds. The van der Waals surface area contributed by atoms with Crippen molar-refractivity contribution in [2.45, 2.75) is 6.42 Å². The van der Waals surface area contributed by atoms with Crippen LogP contribution in [0.25, 0.3) is 11.4 Å². The summed E-state index contributed by atoms with van der Waals surface area (Å²) in [7, 11) is 0. The van der Waals surface area contributed by atoms with E-state index in [1.54, 1.807) is 0 Å². The molecule has 1 aromatic heterocycles. The van der Waals surface area contributed by atoms with Crippen molar-refractivity contribution in [2.75, 3.05) is 6.54 Å². The van der Waals surface area contributed by atoms with E-state index in [9.17, 15) is 9.18 Å². The maximum atomic E-state index is 12.9. The summed E-state index contributed by atoms with van der Waals surface area (Å²) < 4.78 is 17.8. The number of nitrogens with zero attached hydrogens (tertiary/aromatic N) is 2. The number of rotatable bonds is 5. The normalized spacial score (nSPS) is 10.5. The second-order valence-electron chi connectivity index (χ2n) is 4.92. The molecular weight excluding hydrogens is 297 g/mol. The lowest BCUT2D eigenvalue weighted by molar-refractivity contribution is 0.0910. The fourth-order valence-corrected chi connectivity index (χ4v) is 2.07. The van der Waals surface area contributed by atoms with E-state index in [4.69, 9.17) is 4.52 Å². The molecule has 0 saturated carbocycles. The van der Waals surface area contributed by atoms with Gasteiger partial charge in [-0.2, -0.15) is 4.98 Å². The third-order valence-corrected chi connectivity index (χ3v) is 3.26. The van der Waals surface area contributed by atoms with Crippen LogP contribution in [0.5, 0.6) is 0 Å². The second kappa shape index (κ2) is 6.83. The maximum Gasteiger partial charge on any atom is 0.316 e. The van der Waals surface area contributed by atoms with Crippen molar-refractivity contribution in [3.05, 3.63) is 71.9 Å². The van der Waals surface area contributed by atoms with Gasteiger partial charge in [-0.3, -0.25) is 4.79 Å². The molecule has 0 saturated heterocycles. The summed E-state index contributed by atoms with van der Waals surface area (Å²) in [6, 6.07) is 15.5. The SMILES string of the molecule is O=C(NCCc1ccccc1)c1nc(-c2ccc(F)cc2)no1. The average molecular weight is 311 g/mol. The van der Waals surface area contributed by atoms with Gasteiger partial charge in [0.2, 0.25) is 5.82 Å². The molecule has 0 atom stereocenters. The number of nitrogens with one attached hydrogen (secondary N) is 1. The number of amides is 1. The Labute approximate surface area is 132 Å². The van der Waals surface area contributed by atoms with Gasteiger partial charge >= 0.3 is 11.8 Å². The zero-order chi connectivity index (χ0) is 16.1. The zero-order valence-corrected chi connectivity index (χ0v) is 12.2. The van der Waals surface area contributed by atoms with Crippen molar-refractivity contribution >= 4 is 5.91 Å². The predicted molar refractivity (Wildman–Crippen MR) is 82.2 cm³/mol. The third kappa shape index (κ3) is 3.79. The summed E-state index contributed by atoms with van der Waals surface area (Å²) in [5.74, 6) is -0.645. The van der Waals surface area contributed by atoms with Crippen LogP contribution in [0.15, 0.2) is 59.1 Å². The average Bonchev–Trinajstić information content (AvgIpc) is 3.06. The Balaban J connectivity index is 1.59. The molecular formula is C17H14FN3O2. The molecule has 6 heteroatoms. The predicted octanol–water partition coefficient (Wildman–Crippen LogP) is 2.85. The number of hydrogen-bond acceptors (Lipinski definition) is 4. The summed E-state index contributed by atoms with van der Waals surface area (Å²) in [6.45, 7) is 0.469. The van der Waals surface area contributed by atoms with E-state index in [2.05, 4.69) is 15.5 Å². The minimum absolute atomic E-state index is 0.114. The van der Waals surface area contributed by atoms with Gasteiger partial charge in [0.15, 0.2) is 0 Å². The molecule has 0 unspecified atom stereocenters. The number of aromatic nitrogens is 2. The Morgan fingerprint density at radius 3 is 2.57 bits per heavy atom. The first-order valence-electron chi connectivity index (χ1n) is 7.14. The van der Waals surface area contributed by atoms with Crippen LogP contribution in [0, 0.1) is 5.82 Å². The van der Waals surface area contributed by atoms with Gasteiger partial charge in [-0.05, 0) is 36.2 Å². The van der Waals surface area contributed by atoms with Crippen LogP contribution < -0.4 is 5.32 Å². The third-order valence-electron chi connectivity index (χ3n) is 3.26. The lowest BCUT2D eigenvalue weighted by atomic mass is 10.1. The Hall–Kier alpha value is -3.02. The van der Waals surface area contributed by atoms with Crippen LogP contribution in [0.3, 0.4) is 0 Å². The zero-order valence-electron chi connectivity index (χ0n) is 12.2. The first-order chi connectivity index (χ1) is 11.2. The standard InChI is InChI=1S/C17H14FN3O2/c18-14-8-6-13(7-9-14)15-20-17(23-21-15)16(22)19-11-10-12-4-2-1-3-5-12/h1-9H,10-11H2,(H,19,22). The van der Waals surface area contributed by atoms with Crippen LogP contribution in [0.1, 0.15) is 16.2 Å². The fraction of sp³-hybridized carbons (Fsp3) is 0.118. The molecule has 116 valence electrons. The molecule has 0 spiro atoms. The number of carbonyl (C=O) groups excluding carboxylic acids is 1. The fourth-order valence-electron chi connectivity index (χ4n) is 2.07. The second-order valence-corrected chi connectivity index (χ2v) is 4.92. The van der Waals surface area contributed by atoms with Crippen molar-refractivity contribution in [3.8, 4) is 11.4 Å². The molecule has 1 N–H and O–H groups in total. The van der Waals surface area contributed by atoms with Crippen molar-refractivity contribution in [2.24, 2.45) is 0 Å². The van der Waals surface area contributed by atoms with E-state index in [1.807, 2.05) is 30.3 Å². The molecule has 0 bridgehead atoms. The summed E-state index contributed by atoms with van der Waals surface area (Å²) >= 11 is 0. The van der Waals surface area contributed by atoms with Crippen LogP contribution in [-0.2, 0) is 6.42 Å². The van der Waals surface area contributed by atoms with E-state index >= 15 is 0 Å². The minimum atomic E-state index is -0.429. The summed E-state index contributed by atoms with van der Waals surface area (Å²) in [5, 5.41) is 6.46. The molecule has 0 aliphatic rings. The quantitative estimate of drug-likeness (QED) is 0.786. The molecule has 3 rings (SSSR count). The molecule has 5 nitrogen and oxygen atoms in total. The lowest BCUT2D eigenvalue weighted by Crippen LogP contribution is -2.25. The molecule has 0 radical (unpaired) electrons. The van der Waals surface area contributed by atoms with Crippen LogP contribution in [0.4, 0.5) is 4.39 Å². The topological polar surface area (TPSA) is 68.0 Å². The molecule has 1 heterocycles. The highest BCUT2D eigenvalue weighted by atomic mass is 19.1. The van der Waals surface area contributed by atoms with Crippen LogP contribution in [-0.4, -0.2) is 22.6 Å². The van der Waals surface area contributed by atoms with Gasteiger partial charge in [0.1, 0.15) is 5.82 Å². The molecule has 0 aliphatic carbocycles. The largest absolute Gasteiger partial charge is 0.347 e. The Morgan fingerprint density at radius 2 is 1.83 bits per heavy atom. The highest BCUT2D eigenvalue weighted by Gasteiger charge is 2.15. The Kier molecular flexibility index (Phi) is 4.42. The van der Waals surface area contributed by atoms with E-state index in [0.717, 1.165) is 5.56 Å². The van der Waals surface area contributed by atoms with Gasteiger partial charge < -0.3 is 9.84 Å². The smallest absolute Gasteiger partial charge is 0.316 e. The maximum absolute atomic E-state index is 12.9. The summed E-state index contributed by atoms with van der Waals surface area (Å²) in [6.07, 6.45) is 0.714. The van der Waals surface area contributed by atoms with Gasteiger partial charge in [0, 0.05) is 12.1 Å². The number of hydrogen-bond donors (Lipinski definition) is 1. The number of carbonyl (C=O) groups is 1. The van der Waals surface area contributed by atoms with Crippen molar-refractivity contribution in [1.29, 1.82) is 0 Å². The van der Waals surface area contributed by atoms with Gasteiger partial charge in [-0.15, -0.1) is 0 Å². The van der Waals surface area contributed by atoms with Crippen molar-refractivity contribution < 1.29 is 13.7 Å². The first kappa shape index (κ1) is 14.9. The molecule has 23 heavy (non-hydrogen) atoms. The van der Waals surface area contributed by atoms with Crippen LogP contribution in [0.2, 0.25) is 0 Å². The Morgan fingerprint density at radius 1 is 1.09 bits per heavy atom. The number of halogens is 1. The Bertz CT molecular complexity index is 785. The summed E-state index contributed by atoms with van der Waals surface area (Å²) in [4.78, 5) is 16.0. The lowest BCUT2D eigenvalue weighted by Gasteiger charge is -2.02. The van der Waals surface area contributed by atoms with Gasteiger partial charge in [-0.1, -0.05) is 35.5 Å². The van der Waals surface area contributed by atoms with E-state index < -0.39 is 5.91 Å². The van der Waals surface area contributed by atoms with Crippen LogP contribution >= 0.6 is 0 Å². The molecule has 0 aliphatic heterocycles. The monoisotopic (exact) mass is 311 g/mol. The van der Waals surface area contributed by atoms with Crippen molar-refractivity contribution in [3.63, 3.8) is 0 Å².